The van der Waals surface area contributed by atoms with Gasteiger partial charge in [0.05, 0.1) is 5.39 Å². The Balaban J connectivity index is 2.07. The second-order valence-electron chi connectivity index (χ2n) is 7.01. The van der Waals surface area contributed by atoms with Gasteiger partial charge >= 0.3 is 0 Å². The first-order chi connectivity index (χ1) is 12.9. The summed E-state index contributed by atoms with van der Waals surface area (Å²) in [5.74, 6) is 0.867. The highest BCUT2D eigenvalue weighted by atomic mass is 32.1. The fourth-order valence-electron chi connectivity index (χ4n) is 3.24. The molecule has 0 aliphatic carbocycles. The zero-order chi connectivity index (χ0) is 19.6. The molecule has 0 atom stereocenters. The number of thiophene rings is 1. The van der Waals surface area contributed by atoms with Gasteiger partial charge in [0.15, 0.2) is 0 Å². The number of nitrogens with zero attached hydrogens (tertiary/aromatic N) is 2. The summed E-state index contributed by atoms with van der Waals surface area (Å²) >= 11 is 1.50. The number of nitrogens with two attached hydrogens (primary N) is 1. The molecule has 0 unspecified atom stereocenters. The number of benzene rings is 1. The summed E-state index contributed by atoms with van der Waals surface area (Å²) in [5, 5.41) is 2.67. The Hall–Kier alpha value is -2.47. The van der Waals surface area contributed by atoms with Gasteiger partial charge in [-0.3, -0.25) is 14.2 Å². The van der Waals surface area contributed by atoms with E-state index >= 15 is 0 Å². The monoisotopic (exact) mass is 383 g/mol. The lowest BCUT2D eigenvalue weighted by Crippen LogP contribution is -2.25. The standard InChI is InChI=1S/C21H25N3O2S/c1-4-18-23-20-19(21(26)24(18)11-5-6-17(22)25)16(12-27-20)15-9-7-14(8-10-15)13(2)3/h7-10,12-13H,4-6,11H2,1-3H3,(H2,22,25). The zero-order valence-corrected chi connectivity index (χ0v) is 16.8. The normalized spacial score (nSPS) is 11.4. The molecule has 0 saturated carbocycles. The van der Waals surface area contributed by atoms with Crippen LogP contribution >= 0.6 is 11.3 Å². The van der Waals surface area contributed by atoms with Gasteiger partial charge in [-0.25, -0.2) is 4.98 Å². The minimum Gasteiger partial charge on any atom is -0.370 e. The molecule has 0 spiro atoms. The van der Waals surface area contributed by atoms with Crippen molar-refractivity contribution in [2.45, 2.75) is 52.5 Å². The number of carbonyl (C=O) groups is 1. The molecule has 0 radical (unpaired) electrons. The summed E-state index contributed by atoms with van der Waals surface area (Å²) in [7, 11) is 0. The van der Waals surface area contributed by atoms with Crippen molar-refractivity contribution >= 4 is 27.5 Å². The van der Waals surface area contributed by atoms with Crippen LogP contribution in [0.15, 0.2) is 34.4 Å². The van der Waals surface area contributed by atoms with Gasteiger partial charge in [0.2, 0.25) is 5.91 Å². The molecule has 1 aromatic carbocycles. The minimum atomic E-state index is -0.350. The third-order valence-corrected chi connectivity index (χ3v) is 5.65. The first-order valence-corrected chi connectivity index (χ1v) is 10.2. The fourth-order valence-corrected chi connectivity index (χ4v) is 4.19. The lowest BCUT2D eigenvalue weighted by Gasteiger charge is -2.11. The summed E-state index contributed by atoms with van der Waals surface area (Å²) in [6.07, 6.45) is 1.47. The molecule has 0 aliphatic rings. The first kappa shape index (κ1) is 19.3. The Bertz CT molecular complexity index is 1020. The summed E-state index contributed by atoms with van der Waals surface area (Å²) in [6, 6.07) is 8.37. The van der Waals surface area contributed by atoms with Crippen LogP contribution in [-0.4, -0.2) is 15.5 Å². The van der Waals surface area contributed by atoms with Gasteiger partial charge in [0.25, 0.3) is 5.56 Å². The Labute approximate surface area is 162 Å². The Morgan fingerprint density at radius 1 is 1.26 bits per heavy atom. The number of rotatable bonds is 7. The summed E-state index contributed by atoms with van der Waals surface area (Å²) < 4.78 is 1.70. The molecule has 6 heteroatoms. The third kappa shape index (κ3) is 3.95. The lowest BCUT2D eigenvalue weighted by molar-refractivity contribution is -0.118. The third-order valence-electron chi connectivity index (χ3n) is 4.78. The molecule has 1 amide bonds. The van der Waals surface area contributed by atoms with E-state index in [0.29, 0.717) is 30.7 Å². The first-order valence-electron chi connectivity index (χ1n) is 9.32. The van der Waals surface area contributed by atoms with Crippen molar-refractivity contribution in [2.24, 2.45) is 5.73 Å². The topological polar surface area (TPSA) is 78.0 Å². The fraction of sp³-hybridized carbons (Fsp3) is 0.381. The van der Waals surface area contributed by atoms with Crippen LogP contribution in [0.25, 0.3) is 21.3 Å². The molecule has 5 nitrogen and oxygen atoms in total. The van der Waals surface area contributed by atoms with E-state index in [4.69, 9.17) is 10.7 Å². The van der Waals surface area contributed by atoms with Crippen molar-refractivity contribution < 1.29 is 4.79 Å². The molecule has 2 heterocycles. The maximum atomic E-state index is 13.2. The SMILES string of the molecule is CCc1nc2scc(-c3ccc(C(C)C)cc3)c2c(=O)n1CCCC(N)=O. The minimum absolute atomic E-state index is 0.0366. The molecule has 3 aromatic rings. The van der Waals surface area contributed by atoms with Gasteiger partial charge in [0.1, 0.15) is 10.7 Å². The second kappa shape index (κ2) is 8.05. The number of hydrogen-bond donors (Lipinski definition) is 1. The molecule has 27 heavy (non-hydrogen) atoms. The molecular formula is C21H25N3O2S. The van der Waals surface area contributed by atoms with Crippen molar-refractivity contribution in [3.8, 4) is 11.1 Å². The Morgan fingerprint density at radius 2 is 1.96 bits per heavy atom. The summed E-state index contributed by atoms with van der Waals surface area (Å²) in [4.78, 5) is 29.7. The van der Waals surface area contributed by atoms with Gasteiger partial charge in [-0.15, -0.1) is 11.3 Å². The number of carbonyl (C=O) groups excluding carboxylic acids is 1. The second-order valence-corrected chi connectivity index (χ2v) is 7.87. The quantitative estimate of drug-likeness (QED) is 0.668. The molecule has 0 saturated heterocycles. The van der Waals surface area contributed by atoms with Gasteiger partial charge in [0, 0.05) is 30.3 Å². The number of amides is 1. The van der Waals surface area contributed by atoms with Crippen LogP contribution in [0.2, 0.25) is 0 Å². The average Bonchev–Trinajstić information content (AvgIpc) is 3.07. The predicted molar refractivity (Wildman–Crippen MR) is 111 cm³/mol. The largest absolute Gasteiger partial charge is 0.370 e. The van der Waals surface area contributed by atoms with Crippen LogP contribution in [0.1, 0.15) is 50.9 Å². The van der Waals surface area contributed by atoms with Crippen LogP contribution in [0.4, 0.5) is 0 Å². The highest BCUT2D eigenvalue weighted by molar-refractivity contribution is 7.17. The number of primary amides is 1. The number of aromatic nitrogens is 2. The van der Waals surface area contributed by atoms with Gasteiger partial charge < -0.3 is 5.73 Å². The summed E-state index contributed by atoms with van der Waals surface area (Å²) in [5.41, 5.74) is 8.42. The van der Waals surface area contributed by atoms with E-state index in [-0.39, 0.29) is 17.9 Å². The van der Waals surface area contributed by atoms with E-state index in [1.165, 1.54) is 16.9 Å². The summed E-state index contributed by atoms with van der Waals surface area (Å²) in [6.45, 7) is 6.76. The maximum Gasteiger partial charge on any atom is 0.262 e. The van der Waals surface area contributed by atoms with Crippen molar-refractivity contribution in [1.29, 1.82) is 0 Å². The van der Waals surface area contributed by atoms with Crippen molar-refractivity contribution in [1.82, 2.24) is 9.55 Å². The van der Waals surface area contributed by atoms with Crippen LogP contribution in [0, 0.1) is 0 Å². The van der Waals surface area contributed by atoms with Crippen LogP contribution in [0.5, 0.6) is 0 Å². The number of fused-ring (bicyclic) bond motifs is 1. The zero-order valence-electron chi connectivity index (χ0n) is 16.0. The predicted octanol–water partition coefficient (Wildman–Crippen LogP) is 4.08. The van der Waals surface area contributed by atoms with Crippen molar-refractivity contribution in [3.05, 3.63) is 51.4 Å². The molecular weight excluding hydrogens is 358 g/mol. The van der Waals surface area contributed by atoms with Gasteiger partial charge in [-0.1, -0.05) is 45.0 Å². The molecule has 2 N–H and O–H groups in total. The molecule has 0 fully saturated rings. The number of hydrogen-bond acceptors (Lipinski definition) is 4. The van der Waals surface area contributed by atoms with E-state index in [9.17, 15) is 9.59 Å². The maximum absolute atomic E-state index is 13.2. The molecule has 3 rings (SSSR count). The van der Waals surface area contributed by atoms with E-state index < -0.39 is 0 Å². The van der Waals surface area contributed by atoms with E-state index in [2.05, 4.69) is 38.1 Å². The average molecular weight is 384 g/mol. The van der Waals surface area contributed by atoms with Gasteiger partial charge in [-0.05, 0) is 23.5 Å². The smallest absolute Gasteiger partial charge is 0.262 e. The van der Waals surface area contributed by atoms with Crippen LogP contribution in [-0.2, 0) is 17.8 Å². The Kier molecular flexibility index (Phi) is 5.75. The van der Waals surface area contributed by atoms with E-state index in [1.54, 1.807) is 4.57 Å². The molecule has 0 aliphatic heterocycles. The van der Waals surface area contributed by atoms with Crippen LogP contribution in [0.3, 0.4) is 0 Å². The number of aryl methyl sites for hydroxylation is 1. The lowest BCUT2D eigenvalue weighted by atomic mass is 9.99. The van der Waals surface area contributed by atoms with E-state index in [1.807, 2.05) is 12.3 Å². The Morgan fingerprint density at radius 3 is 2.56 bits per heavy atom. The van der Waals surface area contributed by atoms with Crippen molar-refractivity contribution in [2.75, 3.05) is 0 Å². The molecule has 0 bridgehead atoms. The van der Waals surface area contributed by atoms with E-state index in [0.717, 1.165) is 21.8 Å². The highest BCUT2D eigenvalue weighted by Crippen LogP contribution is 2.32. The van der Waals surface area contributed by atoms with Gasteiger partial charge in [-0.2, -0.15) is 0 Å². The molecule has 142 valence electrons. The van der Waals surface area contributed by atoms with Crippen LogP contribution < -0.4 is 11.3 Å². The van der Waals surface area contributed by atoms with Crippen molar-refractivity contribution in [3.63, 3.8) is 0 Å². The molecule has 2 aromatic heterocycles. The highest BCUT2D eigenvalue weighted by Gasteiger charge is 2.16.